The lowest BCUT2D eigenvalue weighted by Gasteiger charge is -2.27. The third kappa shape index (κ3) is 4.48. The Morgan fingerprint density at radius 1 is 1.21 bits per heavy atom. The zero-order valence-corrected chi connectivity index (χ0v) is 12.7. The topological polar surface area (TPSA) is 18.5 Å². The fourth-order valence-corrected chi connectivity index (χ4v) is 2.17. The maximum absolute atomic E-state index is 14.1. The standard InChI is InChI=1S/C15H26FN3/c1-6-17-12(2)15-13(16)8-7-9-14(15)19(5)11-10-18(3)4/h7-9,12,17H,6,10-11H2,1-5H3. The van der Waals surface area contributed by atoms with Crippen LogP contribution in [-0.2, 0) is 0 Å². The van der Waals surface area contributed by atoms with E-state index in [4.69, 9.17) is 0 Å². The van der Waals surface area contributed by atoms with Crippen LogP contribution < -0.4 is 10.2 Å². The van der Waals surface area contributed by atoms with Gasteiger partial charge in [-0.3, -0.25) is 0 Å². The molecule has 1 aromatic carbocycles. The molecule has 0 amide bonds. The zero-order valence-electron chi connectivity index (χ0n) is 12.7. The van der Waals surface area contributed by atoms with Crippen molar-refractivity contribution in [1.82, 2.24) is 10.2 Å². The van der Waals surface area contributed by atoms with Crippen LogP contribution in [0.3, 0.4) is 0 Å². The summed E-state index contributed by atoms with van der Waals surface area (Å²) in [6.45, 7) is 6.69. The van der Waals surface area contributed by atoms with Gasteiger partial charge in [-0.15, -0.1) is 0 Å². The molecule has 3 nitrogen and oxygen atoms in total. The van der Waals surface area contributed by atoms with E-state index in [9.17, 15) is 4.39 Å². The number of benzene rings is 1. The second kappa shape index (κ2) is 7.46. The van der Waals surface area contributed by atoms with Crippen LogP contribution in [0.5, 0.6) is 0 Å². The first kappa shape index (κ1) is 15.9. The van der Waals surface area contributed by atoms with Gasteiger partial charge in [-0.2, -0.15) is 0 Å². The summed E-state index contributed by atoms with van der Waals surface area (Å²) < 4.78 is 14.1. The Balaban J connectivity index is 2.96. The van der Waals surface area contributed by atoms with E-state index >= 15 is 0 Å². The number of rotatable bonds is 7. The van der Waals surface area contributed by atoms with E-state index in [1.165, 1.54) is 6.07 Å². The molecule has 0 radical (unpaired) electrons. The molecule has 1 N–H and O–H groups in total. The van der Waals surface area contributed by atoms with Gasteiger partial charge in [0.15, 0.2) is 0 Å². The first-order chi connectivity index (χ1) is 8.97. The van der Waals surface area contributed by atoms with Crippen molar-refractivity contribution < 1.29 is 4.39 Å². The highest BCUT2D eigenvalue weighted by molar-refractivity contribution is 5.55. The van der Waals surface area contributed by atoms with Crippen LogP contribution in [0.15, 0.2) is 18.2 Å². The second-order valence-corrected chi connectivity index (χ2v) is 5.18. The van der Waals surface area contributed by atoms with E-state index in [1.54, 1.807) is 6.07 Å². The lowest BCUT2D eigenvalue weighted by atomic mass is 10.0. The molecule has 0 aliphatic carbocycles. The maximum Gasteiger partial charge on any atom is 0.130 e. The SMILES string of the molecule is CCNC(C)c1c(F)cccc1N(C)CCN(C)C. The molecule has 0 aliphatic rings. The molecular formula is C15H26FN3. The maximum atomic E-state index is 14.1. The molecule has 1 atom stereocenters. The summed E-state index contributed by atoms with van der Waals surface area (Å²) >= 11 is 0. The highest BCUT2D eigenvalue weighted by Crippen LogP contribution is 2.28. The minimum absolute atomic E-state index is 0.0167. The number of likely N-dealkylation sites (N-methyl/N-ethyl adjacent to an activating group) is 2. The average molecular weight is 267 g/mol. The Morgan fingerprint density at radius 3 is 2.47 bits per heavy atom. The van der Waals surface area contributed by atoms with E-state index in [0.29, 0.717) is 0 Å². The Hall–Kier alpha value is -1.13. The average Bonchev–Trinajstić information content (AvgIpc) is 2.35. The summed E-state index contributed by atoms with van der Waals surface area (Å²) in [4.78, 5) is 4.25. The van der Waals surface area contributed by atoms with Gasteiger partial charge in [0.1, 0.15) is 5.82 Å². The summed E-state index contributed by atoms with van der Waals surface area (Å²) in [5.41, 5.74) is 1.72. The largest absolute Gasteiger partial charge is 0.373 e. The second-order valence-electron chi connectivity index (χ2n) is 5.18. The molecule has 1 rings (SSSR count). The van der Waals surface area contributed by atoms with Crippen molar-refractivity contribution in [3.63, 3.8) is 0 Å². The number of halogens is 1. The Kier molecular flexibility index (Phi) is 6.25. The first-order valence-electron chi connectivity index (χ1n) is 6.85. The molecule has 0 spiro atoms. The smallest absolute Gasteiger partial charge is 0.130 e. The summed E-state index contributed by atoms with van der Waals surface area (Å²) in [5, 5.41) is 3.29. The Bertz CT molecular complexity index is 393. The monoisotopic (exact) mass is 267 g/mol. The Morgan fingerprint density at radius 2 is 1.89 bits per heavy atom. The number of hydrogen-bond acceptors (Lipinski definition) is 3. The highest BCUT2D eigenvalue weighted by atomic mass is 19.1. The van der Waals surface area contributed by atoms with Crippen LogP contribution in [0.2, 0.25) is 0 Å². The molecule has 0 heterocycles. The molecule has 0 aliphatic heterocycles. The third-order valence-corrected chi connectivity index (χ3v) is 3.27. The van der Waals surface area contributed by atoms with Crippen molar-refractivity contribution in [2.45, 2.75) is 19.9 Å². The summed E-state index contributed by atoms with van der Waals surface area (Å²) in [6.07, 6.45) is 0. The number of nitrogens with one attached hydrogen (secondary N) is 1. The van der Waals surface area contributed by atoms with Gasteiger partial charge in [0, 0.05) is 37.4 Å². The molecule has 0 aromatic heterocycles. The van der Waals surface area contributed by atoms with Crippen LogP contribution in [0.1, 0.15) is 25.5 Å². The molecule has 0 saturated carbocycles. The summed E-state index contributed by atoms with van der Waals surface area (Å²) in [6, 6.07) is 5.32. The molecule has 4 heteroatoms. The van der Waals surface area contributed by atoms with Crippen molar-refractivity contribution in [2.24, 2.45) is 0 Å². The van der Waals surface area contributed by atoms with Crippen LogP contribution >= 0.6 is 0 Å². The Labute approximate surface area is 116 Å². The molecule has 0 bridgehead atoms. The van der Waals surface area contributed by atoms with Crippen molar-refractivity contribution >= 4 is 5.69 Å². The van der Waals surface area contributed by atoms with E-state index in [1.807, 2.05) is 41.1 Å². The minimum atomic E-state index is -0.136. The summed E-state index contributed by atoms with van der Waals surface area (Å²) in [7, 11) is 6.10. The van der Waals surface area contributed by atoms with Crippen LogP contribution in [0.4, 0.5) is 10.1 Å². The fourth-order valence-electron chi connectivity index (χ4n) is 2.17. The molecule has 19 heavy (non-hydrogen) atoms. The lowest BCUT2D eigenvalue weighted by molar-refractivity contribution is 0.416. The van der Waals surface area contributed by atoms with E-state index in [0.717, 1.165) is 30.9 Å². The molecular weight excluding hydrogens is 241 g/mol. The quantitative estimate of drug-likeness (QED) is 0.819. The zero-order chi connectivity index (χ0) is 14.4. The highest BCUT2D eigenvalue weighted by Gasteiger charge is 2.17. The minimum Gasteiger partial charge on any atom is -0.373 e. The molecule has 0 saturated heterocycles. The van der Waals surface area contributed by atoms with Crippen LogP contribution in [-0.4, -0.2) is 45.7 Å². The molecule has 1 unspecified atom stereocenters. The third-order valence-electron chi connectivity index (χ3n) is 3.27. The van der Waals surface area contributed by atoms with Crippen LogP contribution in [0, 0.1) is 5.82 Å². The van der Waals surface area contributed by atoms with Gasteiger partial charge >= 0.3 is 0 Å². The van der Waals surface area contributed by atoms with Crippen molar-refractivity contribution in [3.05, 3.63) is 29.6 Å². The van der Waals surface area contributed by atoms with Crippen molar-refractivity contribution in [3.8, 4) is 0 Å². The fraction of sp³-hybridized carbons (Fsp3) is 0.600. The van der Waals surface area contributed by atoms with Gasteiger partial charge in [0.2, 0.25) is 0 Å². The van der Waals surface area contributed by atoms with Gasteiger partial charge in [0.05, 0.1) is 0 Å². The van der Waals surface area contributed by atoms with Gasteiger partial charge in [-0.1, -0.05) is 13.0 Å². The van der Waals surface area contributed by atoms with Crippen molar-refractivity contribution in [1.29, 1.82) is 0 Å². The number of hydrogen-bond donors (Lipinski definition) is 1. The predicted octanol–water partition coefficient (Wildman–Crippen LogP) is 2.49. The normalized spacial score (nSPS) is 12.8. The first-order valence-corrected chi connectivity index (χ1v) is 6.85. The number of anilines is 1. The van der Waals surface area contributed by atoms with Gasteiger partial charge in [-0.25, -0.2) is 4.39 Å². The van der Waals surface area contributed by atoms with E-state index < -0.39 is 0 Å². The van der Waals surface area contributed by atoms with Crippen molar-refractivity contribution in [2.75, 3.05) is 45.7 Å². The number of nitrogens with zero attached hydrogens (tertiary/aromatic N) is 2. The van der Waals surface area contributed by atoms with Crippen LogP contribution in [0.25, 0.3) is 0 Å². The van der Waals surface area contributed by atoms with E-state index in [-0.39, 0.29) is 11.9 Å². The summed E-state index contributed by atoms with van der Waals surface area (Å²) in [5.74, 6) is -0.136. The van der Waals surface area contributed by atoms with E-state index in [2.05, 4.69) is 15.1 Å². The predicted molar refractivity (Wildman–Crippen MR) is 80.3 cm³/mol. The van der Waals surface area contributed by atoms with Gasteiger partial charge < -0.3 is 15.1 Å². The molecule has 0 fully saturated rings. The molecule has 1 aromatic rings. The lowest BCUT2D eigenvalue weighted by Crippen LogP contribution is -2.30. The van der Waals surface area contributed by atoms with Gasteiger partial charge in [0.25, 0.3) is 0 Å². The van der Waals surface area contributed by atoms with Gasteiger partial charge in [-0.05, 0) is 39.7 Å². The molecule has 108 valence electrons.